The number of hydrogen-bond donors (Lipinski definition) is 0. The Labute approximate surface area is 120 Å². The number of hydrogen-bond acceptors (Lipinski definition) is 3. The molecule has 112 valence electrons. The Morgan fingerprint density at radius 2 is 2.14 bits per heavy atom. The second-order valence-corrected chi connectivity index (χ2v) is 4.56. The first kappa shape index (κ1) is 15.0. The molecule has 21 heavy (non-hydrogen) atoms. The van der Waals surface area contributed by atoms with Gasteiger partial charge in [-0.25, -0.2) is 8.78 Å². The highest BCUT2D eigenvalue weighted by atomic mass is 19.1. The van der Waals surface area contributed by atoms with E-state index in [-0.39, 0.29) is 24.3 Å². The van der Waals surface area contributed by atoms with E-state index in [4.69, 9.17) is 9.15 Å². The average Bonchev–Trinajstić information content (AvgIpc) is 2.98. The summed E-state index contributed by atoms with van der Waals surface area (Å²) >= 11 is 0. The van der Waals surface area contributed by atoms with E-state index in [1.165, 1.54) is 11.2 Å². The van der Waals surface area contributed by atoms with Crippen LogP contribution in [0.15, 0.2) is 41.0 Å². The number of amides is 1. The maximum absolute atomic E-state index is 13.4. The SMILES string of the molecule is CC(c1ccco1)N(C)C(=O)COc1ccc(F)cc1F. The molecule has 0 aliphatic rings. The highest BCUT2D eigenvalue weighted by molar-refractivity contribution is 5.77. The van der Waals surface area contributed by atoms with Gasteiger partial charge in [-0.05, 0) is 31.2 Å². The zero-order valence-electron chi connectivity index (χ0n) is 11.7. The van der Waals surface area contributed by atoms with Crippen molar-refractivity contribution in [2.45, 2.75) is 13.0 Å². The maximum Gasteiger partial charge on any atom is 0.260 e. The number of ether oxygens (including phenoxy) is 1. The van der Waals surface area contributed by atoms with E-state index in [0.717, 1.165) is 12.1 Å². The van der Waals surface area contributed by atoms with E-state index in [1.54, 1.807) is 26.1 Å². The van der Waals surface area contributed by atoms with Gasteiger partial charge in [-0.1, -0.05) is 0 Å². The van der Waals surface area contributed by atoms with Gasteiger partial charge in [-0.15, -0.1) is 0 Å². The van der Waals surface area contributed by atoms with E-state index in [9.17, 15) is 13.6 Å². The van der Waals surface area contributed by atoms with E-state index in [0.29, 0.717) is 11.8 Å². The predicted molar refractivity (Wildman–Crippen MR) is 71.7 cm³/mol. The lowest BCUT2D eigenvalue weighted by Crippen LogP contribution is -2.33. The first-order chi connectivity index (χ1) is 9.99. The summed E-state index contributed by atoms with van der Waals surface area (Å²) in [4.78, 5) is 13.4. The van der Waals surface area contributed by atoms with Gasteiger partial charge in [0.05, 0.1) is 12.3 Å². The number of carbonyl (C=O) groups excluding carboxylic acids is 1. The molecule has 1 aromatic carbocycles. The monoisotopic (exact) mass is 295 g/mol. The van der Waals surface area contributed by atoms with Gasteiger partial charge in [-0.2, -0.15) is 0 Å². The topological polar surface area (TPSA) is 42.7 Å². The lowest BCUT2D eigenvalue weighted by Gasteiger charge is -2.23. The van der Waals surface area contributed by atoms with E-state index < -0.39 is 11.6 Å². The quantitative estimate of drug-likeness (QED) is 0.851. The highest BCUT2D eigenvalue weighted by Gasteiger charge is 2.20. The van der Waals surface area contributed by atoms with Gasteiger partial charge in [0.25, 0.3) is 5.91 Å². The third-order valence-corrected chi connectivity index (χ3v) is 3.17. The summed E-state index contributed by atoms with van der Waals surface area (Å²) in [5.74, 6) is -1.41. The molecular formula is C15H15F2NO3. The molecule has 0 aliphatic carbocycles. The van der Waals surface area contributed by atoms with Crippen molar-refractivity contribution in [2.24, 2.45) is 0 Å². The van der Waals surface area contributed by atoms with E-state index >= 15 is 0 Å². The fourth-order valence-corrected chi connectivity index (χ4v) is 1.77. The Kier molecular flexibility index (Phi) is 4.57. The van der Waals surface area contributed by atoms with Crippen LogP contribution >= 0.6 is 0 Å². The van der Waals surface area contributed by atoms with Crippen LogP contribution in [0.3, 0.4) is 0 Å². The maximum atomic E-state index is 13.4. The van der Waals surface area contributed by atoms with Gasteiger partial charge < -0.3 is 14.1 Å². The second-order valence-electron chi connectivity index (χ2n) is 4.56. The Morgan fingerprint density at radius 3 is 2.76 bits per heavy atom. The normalized spacial score (nSPS) is 12.0. The molecule has 6 heteroatoms. The van der Waals surface area contributed by atoms with Crippen molar-refractivity contribution in [3.63, 3.8) is 0 Å². The molecule has 0 N–H and O–H groups in total. The first-order valence-corrected chi connectivity index (χ1v) is 6.36. The van der Waals surface area contributed by atoms with E-state index in [2.05, 4.69) is 0 Å². The summed E-state index contributed by atoms with van der Waals surface area (Å²) in [5.41, 5.74) is 0. The Balaban J connectivity index is 1.95. The summed E-state index contributed by atoms with van der Waals surface area (Å²) in [6.45, 7) is 1.46. The van der Waals surface area contributed by atoms with Crippen LogP contribution < -0.4 is 4.74 Å². The molecule has 0 fully saturated rings. The zero-order valence-corrected chi connectivity index (χ0v) is 11.7. The van der Waals surface area contributed by atoms with Crippen molar-refractivity contribution >= 4 is 5.91 Å². The second kappa shape index (κ2) is 6.39. The van der Waals surface area contributed by atoms with Crippen molar-refractivity contribution in [2.75, 3.05) is 13.7 Å². The number of benzene rings is 1. The summed E-state index contributed by atoms with van der Waals surface area (Å²) in [7, 11) is 1.60. The fourth-order valence-electron chi connectivity index (χ4n) is 1.77. The molecule has 1 atom stereocenters. The smallest absolute Gasteiger partial charge is 0.260 e. The van der Waals surface area contributed by atoms with Crippen LogP contribution in [0.1, 0.15) is 18.7 Å². The van der Waals surface area contributed by atoms with Crippen LogP contribution in [-0.2, 0) is 4.79 Å². The number of furan rings is 1. The molecule has 0 spiro atoms. The van der Waals surface area contributed by atoms with E-state index in [1.807, 2.05) is 0 Å². The summed E-state index contributed by atoms with van der Waals surface area (Å²) in [6, 6.07) is 6.14. The minimum absolute atomic E-state index is 0.163. The number of nitrogens with zero attached hydrogens (tertiary/aromatic N) is 1. The number of likely N-dealkylation sites (N-methyl/N-ethyl adjacent to an activating group) is 1. The molecule has 2 aromatic rings. The first-order valence-electron chi connectivity index (χ1n) is 6.36. The molecule has 0 radical (unpaired) electrons. The Hall–Kier alpha value is -2.37. The van der Waals surface area contributed by atoms with Crippen LogP contribution in [0, 0.1) is 11.6 Å². The molecule has 0 saturated heterocycles. The summed E-state index contributed by atoms with van der Waals surface area (Å²) < 4.78 is 36.4. The minimum atomic E-state index is -0.843. The van der Waals surface area contributed by atoms with Crippen molar-refractivity contribution in [3.8, 4) is 5.75 Å². The molecule has 2 rings (SSSR count). The lowest BCUT2D eigenvalue weighted by atomic mass is 10.2. The van der Waals surface area contributed by atoms with Crippen molar-refractivity contribution < 1.29 is 22.7 Å². The highest BCUT2D eigenvalue weighted by Crippen LogP contribution is 2.20. The summed E-state index contributed by atoms with van der Waals surface area (Å²) in [6.07, 6.45) is 1.52. The van der Waals surface area contributed by atoms with Gasteiger partial charge in [0.15, 0.2) is 18.2 Å². The molecular weight excluding hydrogens is 280 g/mol. The standard InChI is InChI=1S/C15H15F2NO3/c1-10(13-4-3-7-20-13)18(2)15(19)9-21-14-6-5-11(16)8-12(14)17/h3-8,10H,9H2,1-2H3. The number of carbonyl (C=O) groups is 1. The fraction of sp³-hybridized carbons (Fsp3) is 0.267. The number of halogens is 2. The molecule has 1 amide bonds. The van der Waals surface area contributed by atoms with Gasteiger partial charge in [0.2, 0.25) is 0 Å². The predicted octanol–water partition coefficient (Wildman–Crippen LogP) is 3.16. The van der Waals surface area contributed by atoms with Gasteiger partial charge in [0.1, 0.15) is 11.6 Å². The molecule has 0 bridgehead atoms. The van der Waals surface area contributed by atoms with Crippen LogP contribution in [0.25, 0.3) is 0 Å². The van der Waals surface area contributed by atoms with Crippen LogP contribution in [0.4, 0.5) is 8.78 Å². The van der Waals surface area contributed by atoms with Gasteiger partial charge in [-0.3, -0.25) is 4.79 Å². The van der Waals surface area contributed by atoms with Crippen molar-refractivity contribution in [1.29, 1.82) is 0 Å². The zero-order chi connectivity index (χ0) is 15.4. The molecule has 4 nitrogen and oxygen atoms in total. The largest absolute Gasteiger partial charge is 0.481 e. The van der Waals surface area contributed by atoms with Crippen molar-refractivity contribution in [3.05, 3.63) is 54.0 Å². The molecule has 1 aromatic heterocycles. The van der Waals surface area contributed by atoms with Crippen LogP contribution in [0.2, 0.25) is 0 Å². The summed E-state index contributed by atoms with van der Waals surface area (Å²) in [5, 5.41) is 0. The Bertz CT molecular complexity index is 613. The number of rotatable bonds is 5. The molecule has 1 heterocycles. The van der Waals surface area contributed by atoms with Crippen LogP contribution in [0.5, 0.6) is 5.75 Å². The third kappa shape index (κ3) is 3.59. The lowest BCUT2D eigenvalue weighted by molar-refractivity contribution is -0.134. The third-order valence-electron chi connectivity index (χ3n) is 3.17. The molecule has 0 saturated carbocycles. The average molecular weight is 295 g/mol. The molecule has 0 aliphatic heterocycles. The molecule has 1 unspecified atom stereocenters. The van der Waals surface area contributed by atoms with Crippen molar-refractivity contribution in [1.82, 2.24) is 4.90 Å². The van der Waals surface area contributed by atoms with Gasteiger partial charge in [0, 0.05) is 13.1 Å². The van der Waals surface area contributed by atoms with Crippen LogP contribution in [-0.4, -0.2) is 24.5 Å². The minimum Gasteiger partial charge on any atom is -0.481 e. The van der Waals surface area contributed by atoms with Gasteiger partial charge >= 0.3 is 0 Å². The Morgan fingerprint density at radius 1 is 1.38 bits per heavy atom.